The van der Waals surface area contributed by atoms with Crippen LogP contribution in [0.25, 0.3) is 0 Å². The van der Waals surface area contributed by atoms with Gasteiger partial charge in [-0.15, -0.1) is 0 Å². The summed E-state index contributed by atoms with van der Waals surface area (Å²) >= 11 is 0. The normalized spacial score (nSPS) is 10.2. The number of carbonyl (C=O) groups excluding carboxylic acids is 2. The van der Waals surface area contributed by atoms with Crippen LogP contribution in [0.3, 0.4) is 0 Å². The van der Waals surface area contributed by atoms with Crippen molar-refractivity contribution in [3.05, 3.63) is 53.0 Å². The number of anilines is 1. The number of nitrogens with two attached hydrogens (primary N) is 1. The molecule has 2 rings (SSSR count). The van der Waals surface area contributed by atoms with Gasteiger partial charge in [0.2, 0.25) is 11.7 Å². The van der Waals surface area contributed by atoms with E-state index < -0.39 is 11.9 Å². The zero-order valence-electron chi connectivity index (χ0n) is 11.8. The lowest BCUT2D eigenvalue weighted by Gasteiger charge is -2.11. The molecule has 2 aromatic rings. The van der Waals surface area contributed by atoms with Crippen molar-refractivity contribution in [3.63, 3.8) is 0 Å². The molecule has 0 aliphatic carbocycles. The second-order valence-corrected chi connectivity index (χ2v) is 4.46. The molecule has 110 valence electrons. The first-order chi connectivity index (χ1) is 10.0. The van der Waals surface area contributed by atoms with Crippen LogP contribution in [0.2, 0.25) is 0 Å². The van der Waals surface area contributed by atoms with Crippen LogP contribution in [-0.4, -0.2) is 19.0 Å². The van der Waals surface area contributed by atoms with E-state index in [-0.39, 0.29) is 5.76 Å². The molecule has 0 radical (unpaired) electrons. The van der Waals surface area contributed by atoms with Crippen molar-refractivity contribution < 1.29 is 18.7 Å². The third kappa shape index (κ3) is 3.05. The molecule has 1 aromatic carbocycles. The van der Waals surface area contributed by atoms with E-state index in [2.05, 4.69) is 10.1 Å². The Labute approximate surface area is 121 Å². The Kier molecular flexibility index (Phi) is 4.27. The van der Waals surface area contributed by atoms with Gasteiger partial charge in [-0.25, -0.2) is 4.79 Å². The molecule has 0 bridgehead atoms. The molecular formula is C15H16N2O4. The van der Waals surface area contributed by atoms with Gasteiger partial charge in [0, 0.05) is 23.4 Å². The van der Waals surface area contributed by atoms with Gasteiger partial charge in [-0.1, -0.05) is 6.07 Å². The Balaban J connectivity index is 2.18. The van der Waals surface area contributed by atoms with Crippen LogP contribution >= 0.6 is 0 Å². The van der Waals surface area contributed by atoms with Crippen LogP contribution < -0.4 is 11.1 Å². The zero-order chi connectivity index (χ0) is 15.4. The van der Waals surface area contributed by atoms with Crippen molar-refractivity contribution in [2.75, 3.05) is 12.4 Å². The number of rotatable bonds is 5. The van der Waals surface area contributed by atoms with Crippen LogP contribution in [-0.2, 0) is 11.3 Å². The van der Waals surface area contributed by atoms with Gasteiger partial charge in [0.15, 0.2) is 0 Å². The maximum atomic E-state index is 11.5. The molecule has 21 heavy (non-hydrogen) atoms. The van der Waals surface area contributed by atoms with Gasteiger partial charge in [-0.3, -0.25) is 4.79 Å². The van der Waals surface area contributed by atoms with Gasteiger partial charge in [-0.2, -0.15) is 0 Å². The minimum atomic E-state index is -0.528. The number of methoxy groups -OCH3 is 1. The quantitative estimate of drug-likeness (QED) is 0.821. The van der Waals surface area contributed by atoms with E-state index in [4.69, 9.17) is 10.2 Å². The first-order valence-electron chi connectivity index (χ1n) is 6.32. The first-order valence-corrected chi connectivity index (χ1v) is 6.32. The summed E-state index contributed by atoms with van der Waals surface area (Å²) in [5, 5.41) is 3.15. The van der Waals surface area contributed by atoms with E-state index in [0.717, 1.165) is 11.3 Å². The number of amides is 1. The molecule has 0 spiro atoms. The maximum Gasteiger partial charge on any atom is 0.374 e. The molecule has 6 nitrogen and oxygen atoms in total. The Hall–Kier alpha value is -2.76. The molecule has 3 N–H and O–H groups in total. The highest BCUT2D eigenvalue weighted by Crippen LogP contribution is 2.20. The molecule has 0 fully saturated rings. The van der Waals surface area contributed by atoms with E-state index in [1.807, 2.05) is 6.07 Å². The summed E-state index contributed by atoms with van der Waals surface area (Å²) in [6.07, 6.45) is 1.43. The van der Waals surface area contributed by atoms with Crippen molar-refractivity contribution in [3.8, 4) is 0 Å². The average molecular weight is 288 g/mol. The molecule has 1 aromatic heterocycles. The lowest BCUT2D eigenvalue weighted by atomic mass is 10.1. The fraction of sp³-hybridized carbons (Fsp3) is 0.200. The Bertz CT molecular complexity index is 676. The van der Waals surface area contributed by atoms with E-state index >= 15 is 0 Å². The third-order valence-corrected chi connectivity index (χ3v) is 3.19. The monoisotopic (exact) mass is 288 g/mol. The van der Waals surface area contributed by atoms with E-state index in [1.165, 1.54) is 13.4 Å². The van der Waals surface area contributed by atoms with Gasteiger partial charge >= 0.3 is 5.97 Å². The lowest BCUT2D eigenvalue weighted by Crippen LogP contribution is -2.14. The average Bonchev–Trinajstić information content (AvgIpc) is 2.93. The van der Waals surface area contributed by atoms with Crippen LogP contribution in [0.1, 0.15) is 32.0 Å². The Morgan fingerprint density at radius 3 is 2.76 bits per heavy atom. The number of nitrogens with one attached hydrogen (secondary N) is 1. The molecule has 0 saturated carbocycles. The Morgan fingerprint density at radius 2 is 2.10 bits per heavy atom. The minimum absolute atomic E-state index is 0.161. The second-order valence-electron chi connectivity index (χ2n) is 4.46. The van der Waals surface area contributed by atoms with Crippen LogP contribution in [0.4, 0.5) is 5.69 Å². The summed E-state index contributed by atoms with van der Waals surface area (Å²) in [5.74, 6) is -0.845. The standard InChI is InChI=1S/C15H16N2O4/c1-9-11(14(16)18)4-3-5-12(9)17-8-10-6-7-21-13(10)15(19)20-2/h3-7,17H,8H2,1-2H3,(H2,16,18). The number of hydrogen-bond acceptors (Lipinski definition) is 5. The third-order valence-electron chi connectivity index (χ3n) is 3.19. The van der Waals surface area contributed by atoms with E-state index in [1.54, 1.807) is 25.1 Å². The molecule has 6 heteroatoms. The van der Waals surface area contributed by atoms with Crippen molar-refractivity contribution >= 4 is 17.6 Å². The van der Waals surface area contributed by atoms with Gasteiger partial charge in [-0.05, 0) is 30.7 Å². The molecule has 1 heterocycles. The minimum Gasteiger partial charge on any atom is -0.463 e. The summed E-state index contributed by atoms with van der Waals surface area (Å²) in [7, 11) is 1.29. The van der Waals surface area contributed by atoms with Gasteiger partial charge in [0.1, 0.15) is 0 Å². The summed E-state index contributed by atoms with van der Waals surface area (Å²) in [5.41, 5.74) is 7.97. The van der Waals surface area contributed by atoms with Crippen molar-refractivity contribution in [1.82, 2.24) is 0 Å². The number of primary amides is 1. The smallest absolute Gasteiger partial charge is 0.374 e. The maximum absolute atomic E-state index is 11.5. The molecule has 0 saturated heterocycles. The fourth-order valence-corrected chi connectivity index (χ4v) is 2.03. The predicted molar refractivity (Wildman–Crippen MR) is 77.1 cm³/mol. The number of benzene rings is 1. The van der Waals surface area contributed by atoms with Crippen LogP contribution in [0.5, 0.6) is 0 Å². The van der Waals surface area contributed by atoms with Gasteiger partial charge < -0.3 is 20.2 Å². The SMILES string of the molecule is COC(=O)c1occc1CNc1cccc(C(N)=O)c1C. The molecule has 0 aliphatic rings. The molecular weight excluding hydrogens is 272 g/mol. The number of esters is 1. The lowest BCUT2D eigenvalue weighted by molar-refractivity contribution is 0.0563. The molecule has 0 atom stereocenters. The topological polar surface area (TPSA) is 94.6 Å². The zero-order valence-corrected chi connectivity index (χ0v) is 11.8. The van der Waals surface area contributed by atoms with Gasteiger partial charge in [0.25, 0.3) is 0 Å². The number of carbonyl (C=O) groups is 2. The van der Waals surface area contributed by atoms with Gasteiger partial charge in [0.05, 0.1) is 13.4 Å². The van der Waals surface area contributed by atoms with Crippen molar-refractivity contribution in [2.24, 2.45) is 5.73 Å². The van der Waals surface area contributed by atoms with Crippen molar-refractivity contribution in [2.45, 2.75) is 13.5 Å². The van der Waals surface area contributed by atoms with E-state index in [0.29, 0.717) is 17.7 Å². The summed E-state index contributed by atoms with van der Waals surface area (Å²) in [6, 6.07) is 6.93. The summed E-state index contributed by atoms with van der Waals surface area (Å²) in [6.45, 7) is 2.17. The number of ether oxygens (including phenoxy) is 1. The Morgan fingerprint density at radius 1 is 1.33 bits per heavy atom. The van der Waals surface area contributed by atoms with E-state index in [9.17, 15) is 9.59 Å². The highest BCUT2D eigenvalue weighted by atomic mass is 16.5. The highest BCUT2D eigenvalue weighted by Gasteiger charge is 2.16. The largest absolute Gasteiger partial charge is 0.463 e. The van der Waals surface area contributed by atoms with Crippen LogP contribution in [0.15, 0.2) is 34.9 Å². The summed E-state index contributed by atoms with van der Waals surface area (Å²) < 4.78 is 9.75. The first kappa shape index (κ1) is 14.6. The molecule has 0 aliphatic heterocycles. The molecule has 0 unspecified atom stereocenters. The summed E-state index contributed by atoms with van der Waals surface area (Å²) in [4.78, 5) is 22.8. The number of furan rings is 1. The number of hydrogen-bond donors (Lipinski definition) is 2. The van der Waals surface area contributed by atoms with Crippen molar-refractivity contribution in [1.29, 1.82) is 0 Å². The highest BCUT2D eigenvalue weighted by molar-refractivity contribution is 5.95. The molecule has 1 amide bonds. The predicted octanol–water partition coefficient (Wildman–Crippen LogP) is 2.09. The second kappa shape index (κ2) is 6.13. The fourth-order valence-electron chi connectivity index (χ4n) is 2.03. The van der Waals surface area contributed by atoms with Crippen LogP contribution in [0, 0.1) is 6.92 Å².